The van der Waals surface area contributed by atoms with Crippen LogP contribution in [0.25, 0.3) is 0 Å². The summed E-state index contributed by atoms with van der Waals surface area (Å²) < 4.78 is 0. The molecule has 0 radical (unpaired) electrons. The van der Waals surface area contributed by atoms with E-state index in [1.165, 1.54) is 9.80 Å². The first-order valence-corrected chi connectivity index (χ1v) is 7.22. The Hall–Kier alpha value is -1.79. The van der Waals surface area contributed by atoms with Gasteiger partial charge in [-0.2, -0.15) is 0 Å². The summed E-state index contributed by atoms with van der Waals surface area (Å²) in [6.45, 7) is 5.88. The van der Waals surface area contributed by atoms with Gasteiger partial charge in [0.2, 0.25) is 5.91 Å². The third-order valence-corrected chi connectivity index (χ3v) is 3.36. The maximum absolute atomic E-state index is 12.2. The number of nitrogens with zero attached hydrogens (tertiary/aromatic N) is 2. The number of carboxylic acid groups (broad SMARTS) is 1. The van der Waals surface area contributed by atoms with Gasteiger partial charge in [0, 0.05) is 20.6 Å². The minimum absolute atomic E-state index is 0.0560. The molecule has 0 aromatic carbocycles. The van der Waals surface area contributed by atoms with Gasteiger partial charge in [-0.3, -0.25) is 4.79 Å². The van der Waals surface area contributed by atoms with Crippen LogP contribution in [0.3, 0.4) is 0 Å². The molecule has 0 saturated heterocycles. The van der Waals surface area contributed by atoms with Crippen molar-refractivity contribution < 1.29 is 19.5 Å². The van der Waals surface area contributed by atoms with E-state index >= 15 is 0 Å². The van der Waals surface area contributed by atoms with Gasteiger partial charge in [-0.05, 0) is 12.3 Å². The summed E-state index contributed by atoms with van der Waals surface area (Å²) in [5.74, 6) is -1.44. The maximum Gasteiger partial charge on any atom is 0.326 e. The van der Waals surface area contributed by atoms with Crippen LogP contribution in [0, 0.1) is 5.92 Å². The highest BCUT2D eigenvalue weighted by Gasteiger charge is 2.28. The van der Waals surface area contributed by atoms with Crippen molar-refractivity contribution in [3.63, 3.8) is 0 Å². The van der Waals surface area contributed by atoms with Crippen LogP contribution < -0.4 is 5.32 Å². The lowest BCUT2D eigenvalue weighted by atomic mass is 9.99. The predicted molar refractivity (Wildman–Crippen MR) is 80.0 cm³/mol. The number of likely N-dealkylation sites (N-methyl/N-ethyl adjacent to an activating group) is 1. The molecule has 0 spiro atoms. The fourth-order valence-corrected chi connectivity index (χ4v) is 1.73. The van der Waals surface area contributed by atoms with Gasteiger partial charge in [-0.15, -0.1) is 0 Å². The van der Waals surface area contributed by atoms with Gasteiger partial charge in [0.1, 0.15) is 12.6 Å². The fraction of sp³-hybridized carbons (Fsp3) is 0.786. The number of urea groups is 1. The third kappa shape index (κ3) is 6.46. The lowest BCUT2D eigenvalue weighted by Gasteiger charge is -2.27. The predicted octanol–water partition coefficient (Wildman–Crippen LogP) is 0.996. The molecule has 7 nitrogen and oxygen atoms in total. The zero-order valence-corrected chi connectivity index (χ0v) is 13.5. The van der Waals surface area contributed by atoms with E-state index in [-0.39, 0.29) is 18.4 Å². The minimum atomic E-state index is -1.06. The molecule has 0 saturated carbocycles. The molecule has 0 aromatic heterocycles. The third-order valence-electron chi connectivity index (χ3n) is 3.36. The Labute approximate surface area is 126 Å². The van der Waals surface area contributed by atoms with Crippen LogP contribution >= 0.6 is 0 Å². The Balaban J connectivity index is 4.87. The zero-order valence-electron chi connectivity index (χ0n) is 13.5. The molecule has 2 atom stereocenters. The van der Waals surface area contributed by atoms with Gasteiger partial charge < -0.3 is 20.2 Å². The molecule has 7 heteroatoms. The molecule has 0 aliphatic heterocycles. The van der Waals surface area contributed by atoms with Crippen LogP contribution in [0.5, 0.6) is 0 Å². The summed E-state index contributed by atoms with van der Waals surface area (Å²) >= 11 is 0. The van der Waals surface area contributed by atoms with Gasteiger partial charge in [-0.1, -0.05) is 27.2 Å². The Bertz CT molecular complexity index is 371. The normalized spacial score (nSPS) is 13.2. The topological polar surface area (TPSA) is 90.0 Å². The van der Waals surface area contributed by atoms with Crippen molar-refractivity contribution in [3.8, 4) is 0 Å². The first-order valence-electron chi connectivity index (χ1n) is 7.22. The summed E-state index contributed by atoms with van der Waals surface area (Å²) in [5.41, 5.74) is 0. The van der Waals surface area contributed by atoms with E-state index in [1.807, 2.05) is 13.8 Å². The molecule has 0 aliphatic rings. The van der Waals surface area contributed by atoms with Crippen molar-refractivity contribution in [2.45, 2.75) is 39.7 Å². The minimum Gasteiger partial charge on any atom is -0.480 e. The van der Waals surface area contributed by atoms with Crippen LogP contribution in [-0.2, 0) is 9.59 Å². The summed E-state index contributed by atoms with van der Waals surface area (Å²) in [6.07, 6.45) is 1.33. The van der Waals surface area contributed by atoms with Crippen molar-refractivity contribution >= 4 is 17.9 Å². The quantitative estimate of drug-likeness (QED) is 0.699. The van der Waals surface area contributed by atoms with E-state index in [9.17, 15) is 19.5 Å². The molecule has 0 bridgehead atoms. The van der Waals surface area contributed by atoms with Gasteiger partial charge in [0.25, 0.3) is 0 Å². The highest BCUT2D eigenvalue weighted by atomic mass is 16.4. The zero-order chi connectivity index (χ0) is 16.6. The number of hydrogen-bond donors (Lipinski definition) is 2. The first-order chi connectivity index (χ1) is 9.74. The number of carbonyl (C=O) groups is 3. The maximum atomic E-state index is 12.2. The fourth-order valence-electron chi connectivity index (χ4n) is 1.73. The van der Waals surface area contributed by atoms with Crippen molar-refractivity contribution in [2.75, 3.05) is 27.2 Å². The largest absolute Gasteiger partial charge is 0.480 e. The summed E-state index contributed by atoms with van der Waals surface area (Å²) in [7, 11) is 3.23. The van der Waals surface area contributed by atoms with Crippen LogP contribution in [0.2, 0.25) is 0 Å². The number of carboxylic acids is 1. The van der Waals surface area contributed by atoms with Crippen molar-refractivity contribution in [2.24, 2.45) is 5.92 Å². The summed E-state index contributed by atoms with van der Waals surface area (Å²) in [6, 6.07) is -1.46. The average Bonchev–Trinajstić information content (AvgIpc) is 2.42. The number of amides is 3. The van der Waals surface area contributed by atoms with Crippen molar-refractivity contribution in [1.29, 1.82) is 0 Å². The molecule has 0 aromatic rings. The summed E-state index contributed by atoms with van der Waals surface area (Å²) in [5, 5.41) is 11.7. The highest BCUT2D eigenvalue weighted by Crippen LogP contribution is 2.09. The van der Waals surface area contributed by atoms with E-state index in [1.54, 1.807) is 21.0 Å². The van der Waals surface area contributed by atoms with Crippen LogP contribution in [-0.4, -0.2) is 66.0 Å². The number of hydrogen-bond acceptors (Lipinski definition) is 3. The molecule has 0 fully saturated rings. The molecule has 3 amide bonds. The van der Waals surface area contributed by atoms with Crippen molar-refractivity contribution in [3.05, 3.63) is 0 Å². The Kier molecular flexibility index (Phi) is 8.42. The van der Waals surface area contributed by atoms with E-state index in [0.29, 0.717) is 19.4 Å². The number of nitrogens with one attached hydrogen (secondary N) is 1. The summed E-state index contributed by atoms with van der Waals surface area (Å²) in [4.78, 5) is 37.9. The Morgan fingerprint density at radius 3 is 2.14 bits per heavy atom. The Morgan fingerprint density at radius 2 is 1.76 bits per heavy atom. The molecule has 0 aliphatic carbocycles. The lowest BCUT2D eigenvalue weighted by molar-refractivity contribution is -0.140. The smallest absolute Gasteiger partial charge is 0.326 e. The van der Waals surface area contributed by atoms with Crippen LogP contribution in [0.15, 0.2) is 0 Å². The van der Waals surface area contributed by atoms with E-state index in [2.05, 4.69) is 5.32 Å². The molecular weight excluding hydrogens is 274 g/mol. The SMILES string of the molecule is CCCN(CC(=O)N(C)C)C(=O)N[C@H](C(=O)O)[C@@H](C)CC. The average molecular weight is 301 g/mol. The van der Waals surface area contributed by atoms with Crippen LogP contribution in [0.1, 0.15) is 33.6 Å². The molecule has 0 heterocycles. The molecule has 0 unspecified atom stereocenters. The van der Waals surface area contributed by atoms with Gasteiger partial charge >= 0.3 is 12.0 Å². The second-order valence-electron chi connectivity index (χ2n) is 5.36. The van der Waals surface area contributed by atoms with Crippen LogP contribution in [0.4, 0.5) is 4.79 Å². The monoisotopic (exact) mass is 301 g/mol. The van der Waals surface area contributed by atoms with Gasteiger partial charge in [0.05, 0.1) is 0 Å². The second-order valence-corrected chi connectivity index (χ2v) is 5.36. The number of rotatable bonds is 8. The van der Waals surface area contributed by atoms with E-state index in [0.717, 1.165) is 0 Å². The first kappa shape index (κ1) is 19.2. The number of aliphatic carboxylic acids is 1. The van der Waals surface area contributed by atoms with Crippen molar-refractivity contribution in [1.82, 2.24) is 15.1 Å². The standard InChI is InChI=1S/C14H27N3O4/c1-6-8-17(9-11(18)16(4)5)14(21)15-12(13(19)20)10(3)7-2/h10,12H,6-9H2,1-5H3,(H,15,21)(H,19,20)/t10-,12-/m0/s1. The lowest BCUT2D eigenvalue weighted by Crippen LogP contribution is -2.52. The highest BCUT2D eigenvalue weighted by molar-refractivity contribution is 5.86. The molecule has 122 valence electrons. The molecular formula is C14H27N3O4. The second kappa shape index (κ2) is 9.20. The molecule has 2 N–H and O–H groups in total. The van der Waals surface area contributed by atoms with Gasteiger partial charge in [0.15, 0.2) is 0 Å². The van der Waals surface area contributed by atoms with E-state index in [4.69, 9.17) is 0 Å². The number of carbonyl (C=O) groups excluding carboxylic acids is 2. The molecule has 0 rings (SSSR count). The van der Waals surface area contributed by atoms with E-state index < -0.39 is 18.0 Å². The van der Waals surface area contributed by atoms with Gasteiger partial charge in [-0.25, -0.2) is 9.59 Å². The Morgan fingerprint density at radius 1 is 1.19 bits per heavy atom. The molecule has 21 heavy (non-hydrogen) atoms.